The van der Waals surface area contributed by atoms with Gasteiger partial charge in [-0.3, -0.25) is 0 Å². The van der Waals surface area contributed by atoms with Gasteiger partial charge in [-0.25, -0.2) is 16.8 Å². The summed E-state index contributed by atoms with van der Waals surface area (Å²) in [4.78, 5) is 0.0260. The van der Waals surface area contributed by atoms with Gasteiger partial charge in [0.15, 0.2) is 0 Å². The molecule has 0 spiro atoms. The van der Waals surface area contributed by atoms with E-state index in [0.717, 1.165) is 3.97 Å². The quantitative estimate of drug-likeness (QED) is 0.655. The van der Waals surface area contributed by atoms with Crippen molar-refractivity contribution in [3.05, 3.63) is 66.1 Å². The van der Waals surface area contributed by atoms with Crippen molar-refractivity contribution < 1.29 is 22.3 Å². The maximum atomic E-state index is 14.6. The summed E-state index contributed by atoms with van der Waals surface area (Å²) in [6.45, 7) is 0.352. The number of aromatic nitrogens is 1. The Kier molecular flexibility index (Phi) is 5.71. The van der Waals surface area contributed by atoms with Crippen LogP contribution < -0.4 is 14.8 Å². The third-order valence-electron chi connectivity index (χ3n) is 4.30. The number of halogens is 1. The van der Waals surface area contributed by atoms with Gasteiger partial charge in [0.2, 0.25) is 0 Å². The first-order chi connectivity index (χ1) is 13.4. The van der Waals surface area contributed by atoms with E-state index in [0.29, 0.717) is 23.6 Å². The Labute approximate surface area is 163 Å². The van der Waals surface area contributed by atoms with Gasteiger partial charge in [0, 0.05) is 29.9 Å². The zero-order valence-corrected chi connectivity index (χ0v) is 16.6. The molecule has 2 aromatic carbocycles. The van der Waals surface area contributed by atoms with Crippen LogP contribution in [0.25, 0.3) is 11.3 Å². The number of rotatable bonds is 7. The van der Waals surface area contributed by atoms with Gasteiger partial charge in [-0.05, 0) is 31.3 Å². The van der Waals surface area contributed by atoms with Crippen molar-refractivity contribution in [1.29, 1.82) is 0 Å². The molecule has 0 fully saturated rings. The van der Waals surface area contributed by atoms with Gasteiger partial charge in [-0.2, -0.15) is 0 Å². The minimum atomic E-state index is -4.03. The van der Waals surface area contributed by atoms with E-state index in [2.05, 4.69) is 5.32 Å². The number of hydrogen-bond donors (Lipinski definition) is 1. The van der Waals surface area contributed by atoms with Crippen molar-refractivity contribution in [1.82, 2.24) is 9.29 Å². The minimum Gasteiger partial charge on any atom is -0.497 e. The fourth-order valence-electron chi connectivity index (χ4n) is 3.02. The summed E-state index contributed by atoms with van der Waals surface area (Å²) in [7, 11) is 0.588. The van der Waals surface area contributed by atoms with E-state index in [1.165, 1.54) is 44.7 Å². The van der Waals surface area contributed by atoms with Crippen molar-refractivity contribution in [3.63, 3.8) is 0 Å². The molecular formula is C20H21FN2O4S. The van der Waals surface area contributed by atoms with Crippen LogP contribution in [0.2, 0.25) is 0 Å². The van der Waals surface area contributed by atoms with E-state index in [9.17, 15) is 12.8 Å². The average Bonchev–Trinajstić information content (AvgIpc) is 3.07. The first-order valence-corrected chi connectivity index (χ1v) is 9.95. The highest BCUT2D eigenvalue weighted by Crippen LogP contribution is 2.39. The summed E-state index contributed by atoms with van der Waals surface area (Å²) in [5.41, 5.74) is 0.858. The Hall–Kier alpha value is -2.84. The number of nitrogens with zero attached hydrogens (tertiary/aromatic N) is 1. The Bertz CT molecular complexity index is 1090. The number of benzene rings is 2. The molecule has 8 heteroatoms. The lowest BCUT2D eigenvalue weighted by molar-refractivity contribution is 0.411. The Morgan fingerprint density at radius 2 is 1.82 bits per heavy atom. The summed E-state index contributed by atoms with van der Waals surface area (Å²) >= 11 is 0. The molecule has 0 saturated carbocycles. The van der Waals surface area contributed by atoms with Crippen LogP contribution in [0.3, 0.4) is 0 Å². The molecule has 3 aromatic rings. The summed E-state index contributed by atoms with van der Waals surface area (Å²) < 4.78 is 53.1. The Balaban J connectivity index is 2.32. The van der Waals surface area contributed by atoms with Crippen molar-refractivity contribution in [3.8, 4) is 22.8 Å². The first-order valence-electron chi connectivity index (χ1n) is 8.51. The molecule has 0 unspecified atom stereocenters. The molecular weight excluding hydrogens is 383 g/mol. The van der Waals surface area contributed by atoms with Crippen LogP contribution in [0.5, 0.6) is 11.5 Å². The lowest BCUT2D eigenvalue weighted by atomic mass is 10.1. The zero-order chi connectivity index (χ0) is 20.3. The van der Waals surface area contributed by atoms with Crippen LogP contribution in [0.1, 0.15) is 5.56 Å². The molecule has 148 valence electrons. The van der Waals surface area contributed by atoms with E-state index in [4.69, 9.17) is 9.47 Å². The molecule has 28 heavy (non-hydrogen) atoms. The summed E-state index contributed by atoms with van der Waals surface area (Å²) in [5.74, 6) is 0.158. The predicted octanol–water partition coefficient (Wildman–Crippen LogP) is 3.27. The molecule has 6 nitrogen and oxygen atoms in total. The van der Waals surface area contributed by atoms with Gasteiger partial charge in [-0.1, -0.05) is 18.2 Å². The number of methoxy groups -OCH3 is 2. The lowest BCUT2D eigenvalue weighted by Crippen LogP contribution is -2.14. The van der Waals surface area contributed by atoms with E-state index < -0.39 is 15.8 Å². The van der Waals surface area contributed by atoms with Crippen LogP contribution in [-0.2, 0) is 16.6 Å². The second-order valence-corrected chi connectivity index (χ2v) is 7.84. The van der Waals surface area contributed by atoms with Crippen LogP contribution >= 0.6 is 0 Å². The van der Waals surface area contributed by atoms with E-state index in [1.807, 2.05) is 0 Å². The topological polar surface area (TPSA) is 69.6 Å². The highest BCUT2D eigenvalue weighted by molar-refractivity contribution is 7.90. The maximum absolute atomic E-state index is 14.6. The van der Waals surface area contributed by atoms with Gasteiger partial charge >= 0.3 is 0 Å². The smallest absolute Gasteiger partial charge is 0.268 e. The molecule has 0 bridgehead atoms. The normalized spacial score (nSPS) is 11.4. The third kappa shape index (κ3) is 3.48. The molecule has 1 N–H and O–H groups in total. The summed E-state index contributed by atoms with van der Waals surface area (Å²) in [5, 5.41) is 2.97. The Morgan fingerprint density at radius 3 is 2.46 bits per heavy atom. The number of nitrogens with one attached hydrogen (secondary N) is 1. The molecule has 0 aliphatic rings. The first kappa shape index (κ1) is 19.9. The fourth-order valence-corrected chi connectivity index (χ4v) is 4.45. The van der Waals surface area contributed by atoms with Gasteiger partial charge in [-0.15, -0.1) is 0 Å². The molecule has 0 amide bonds. The summed E-state index contributed by atoms with van der Waals surface area (Å²) in [6.07, 6.45) is 1.45. The number of hydrogen-bond acceptors (Lipinski definition) is 5. The molecule has 3 rings (SSSR count). The van der Waals surface area contributed by atoms with Crippen LogP contribution in [0.4, 0.5) is 4.39 Å². The van der Waals surface area contributed by atoms with E-state index >= 15 is 0 Å². The third-order valence-corrected chi connectivity index (χ3v) is 5.95. The van der Waals surface area contributed by atoms with Crippen molar-refractivity contribution in [2.45, 2.75) is 11.4 Å². The SMILES string of the molecule is CNCc1cn(S(=O)(=O)c2cccc(OC)c2)c(-c2ccccc2F)c1OC. The maximum Gasteiger partial charge on any atom is 0.268 e. The molecule has 0 aliphatic carbocycles. The fraction of sp³-hybridized carbons (Fsp3) is 0.200. The minimum absolute atomic E-state index is 0.0260. The van der Waals surface area contributed by atoms with Crippen LogP contribution in [0.15, 0.2) is 59.6 Å². The second-order valence-electron chi connectivity index (χ2n) is 6.03. The zero-order valence-electron chi connectivity index (χ0n) is 15.8. The van der Waals surface area contributed by atoms with Crippen molar-refractivity contribution >= 4 is 10.0 Å². The summed E-state index contributed by atoms with van der Waals surface area (Å²) in [6, 6.07) is 12.1. The van der Waals surface area contributed by atoms with E-state index in [1.54, 1.807) is 31.3 Å². The van der Waals surface area contributed by atoms with Gasteiger partial charge in [0.25, 0.3) is 10.0 Å². The molecule has 0 radical (unpaired) electrons. The predicted molar refractivity (Wildman–Crippen MR) is 105 cm³/mol. The second kappa shape index (κ2) is 8.04. The highest BCUT2D eigenvalue weighted by atomic mass is 32.2. The molecule has 1 aromatic heterocycles. The molecule has 0 saturated heterocycles. The van der Waals surface area contributed by atoms with Crippen molar-refractivity contribution in [2.75, 3.05) is 21.3 Å². The number of ether oxygens (including phenoxy) is 2. The Morgan fingerprint density at radius 1 is 1.07 bits per heavy atom. The van der Waals surface area contributed by atoms with Gasteiger partial charge in [0.05, 0.1) is 19.1 Å². The lowest BCUT2D eigenvalue weighted by Gasteiger charge is -2.13. The molecule has 0 atom stereocenters. The molecule has 1 heterocycles. The average molecular weight is 404 g/mol. The molecule has 0 aliphatic heterocycles. The van der Waals surface area contributed by atoms with Crippen molar-refractivity contribution in [2.24, 2.45) is 0 Å². The van der Waals surface area contributed by atoms with Crippen LogP contribution in [0, 0.1) is 5.82 Å². The van der Waals surface area contributed by atoms with Gasteiger partial charge < -0.3 is 14.8 Å². The van der Waals surface area contributed by atoms with E-state index in [-0.39, 0.29) is 16.2 Å². The monoisotopic (exact) mass is 404 g/mol. The highest BCUT2D eigenvalue weighted by Gasteiger charge is 2.28. The van der Waals surface area contributed by atoms with Gasteiger partial charge in [0.1, 0.15) is 23.0 Å². The standard InChI is InChI=1S/C20H21FN2O4S/c1-22-12-14-13-23(28(24,25)16-8-6-7-15(11-16)26-2)19(20(14)27-3)17-9-4-5-10-18(17)21/h4-11,13,22H,12H2,1-3H3. The van der Waals surface area contributed by atoms with Crippen LogP contribution in [-0.4, -0.2) is 33.7 Å². The largest absolute Gasteiger partial charge is 0.497 e.